The third-order valence-corrected chi connectivity index (χ3v) is 3.19. The second-order valence-corrected chi connectivity index (χ2v) is 4.54. The highest BCUT2D eigenvalue weighted by Crippen LogP contribution is 2.21. The van der Waals surface area contributed by atoms with E-state index in [-0.39, 0.29) is 11.8 Å². The Morgan fingerprint density at radius 3 is 2.78 bits per heavy atom. The van der Waals surface area contributed by atoms with Crippen molar-refractivity contribution in [2.45, 2.75) is 25.5 Å². The van der Waals surface area contributed by atoms with Crippen molar-refractivity contribution in [2.75, 3.05) is 6.61 Å². The molecule has 0 radical (unpaired) electrons. The minimum Gasteiger partial charge on any atom is -0.368 e. The molecule has 1 aromatic carbocycles. The van der Waals surface area contributed by atoms with Gasteiger partial charge in [-0.05, 0) is 17.9 Å². The lowest BCUT2D eigenvalue weighted by molar-refractivity contribution is -0.131. The van der Waals surface area contributed by atoms with Crippen LogP contribution in [0.5, 0.6) is 0 Å². The van der Waals surface area contributed by atoms with Crippen LogP contribution in [0.2, 0.25) is 0 Å². The van der Waals surface area contributed by atoms with Crippen molar-refractivity contribution in [2.24, 2.45) is 5.92 Å². The average molecular weight is 244 g/mol. The number of amides is 1. The molecule has 0 aromatic heterocycles. The molecule has 0 bridgehead atoms. The molecule has 0 saturated carbocycles. The zero-order valence-electron chi connectivity index (χ0n) is 10.3. The SMILES string of the molecule is CC1CCOC1C(=O)NC(C#N)c1ccccc1. The van der Waals surface area contributed by atoms with Crippen molar-refractivity contribution in [1.29, 1.82) is 5.26 Å². The number of rotatable bonds is 3. The smallest absolute Gasteiger partial charge is 0.250 e. The Labute approximate surface area is 107 Å². The van der Waals surface area contributed by atoms with Gasteiger partial charge in [0.05, 0.1) is 6.07 Å². The molecule has 1 aromatic rings. The van der Waals surface area contributed by atoms with Crippen LogP contribution in [0.1, 0.15) is 24.9 Å². The van der Waals surface area contributed by atoms with Gasteiger partial charge in [-0.25, -0.2) is 0 Å². The standard InChI is InChI=1S/C14H16N2O2/c1-10-7-8-18-13(10)14(17)16-12(9-15)11-5-3-2-4-6-11/h2-6,10,12-13H,7-8H2,1H3,(H,16,17). The molecule has 3 atom stereocenters. The number of nitrogens with one attached hydrogen (secondary N) is 1. The van der Waals surface area contributed by atoms with Gasteiger partial charge in [0.15, 0.2) is 0 Å². The van der Waals surface area contributed by atoms with Crippen LogP contribution in [0.4, 0.5) is 0 Å². The molecule has 2 rings (SSSR count). The van der Waals surface area contributed by atoms with Gasteiger partial charge in [-0.1, -0.05) is 37.3 Å². The molecule has 94 valence electrons. The molecule has 4 heteroatoms. The molecule has 1 amide bonds. The maximum atomic E-state index is 12.0. The van der Waals surface area contributed by atoms with E-state index in [1.807, 2.05) is 37.3 Å². The Morgan fingerprint density at radius 1 is 1.50 bits per heavy atom. The lowest BCUT2D eigenvalue weighted by Crippen LogP contribution is -2.39. The highest BCUT2D eigenvalue weighted by Gasteiger charge is 2.32. The van der Waals surface area contributed by atoms with E-state index in [4.69, 9.17) is 10.00 Å². The summed E-state index contributed by atoms with van der Waals surface area (Å²) in [7, 11) is 0. The molecular weight excluding hydrogens is 228 g/mol. The molecule has 3 unspecified atom stereocenters. The van der Waals surface area contributed by atoms with E-state index in [9.17, 15) is 4.79 Å². The summed E-state index contributed by atoms with van der Waals surface area (Å²) in [6.45, 7) is 2.60. The number of nitriles is 1. The topological polar surface area (TPSA) is 62.1 Å². The number of ether oxygens (including phenoxy) is 1. The maximum Gasteiger partial charge on any atom is 0.250 e. The van der Waals surface area contributed by atoms with Gasteiger partial charge in [0.2, 0.25) is 0 Å². The molecule has 4 nitrogen and oxygen atoms in total. The fourth-order valence-corrected chi connectivity index (χ4v) is 2.09. The van der Waals surface area contributed by atoms with Gasteiger partial charge in [-0.15, -0.1) is 0 Å². The zero-order valence-corrected chi connectivity index (χ0v) is 10.3. The number of carbonyl (C=O) groups excluding carboxylic acids is 1. The zero-order chi connectivity index (χ0) is 13.0. The summed E-state index contributed by atoms with van der Waals surface area (Å²) in [5.41, 5.74) is 0.791. The van der Waals surface area contributed by atoms with Gasteiger partial charge in [-0.3, -0.25) is 4.79 Å². The van der Waals surface area contributed by atoms with Crippen molar-refractivity contribution >= 4 is 5.91 Å². The van der Waals surface area contributed by atoms with Gasteiger partial charge < -0.3 is 10.1 Å². The first-order valence-electron chi connectivity index (χ1n) is 6.09. The third-order valence-electron chi connectivity index (χ3n) is 3.19. The Hall–Kier alpha value is -1.86. The first-order chi connectivity index (χ1) is 8.72. The number of benzene rings is 1. The molecule has 1 aliphatic rings. The number of nitrogens with zero attached hydrogens (tertiary/aromatic N) is 1. The minimum atomic E-state index is -0.616. The van der Waals surface area contributed by atoms with Crippen LogP contribution in [0.15, 0.2) is 30.3 Å². The average Bonchev–Trinajstić information content (AvgIpc) is 2.83. The van der Waals surface area contributed by atoms with Gasteiger partial charge in [-0.2, -0.15) is 5.26 Å². The van der Waals surface area contributed by atoms with Gasteiger partial charge in [0.1, 0.15) is 12.1 Å². The minimum absolute atomic E-state index is 0.199. The molecule has 1 heterocycles. The van der Waals surface area contributed by atoms with E-state index < -0.39 is 12.1 Å². The van der Waals surface area contributed by atoms with Gasteiger partial charge in [0.25, 0.3) is 5.91 Å². The molecule has 18 heavy (non-hydrogen) atoms. The van der Waals surface area contributed by atoms with Crippen LogP contribution in [0.3, 0.4) is 0 Å². The second-order valence-electron chi connectivity index (χ2n) is 4.54. The van der Waals surface area contributed by atoms with E-state index in [1.54, 1.807) is 0 Å². The summed E-state index contributed by atoms with van der Waals surface area (Å²) in [6, 6.07) is 10.7. The summed E-state index contributed by atoms with van der Waals surface area (Å²) >= 11 is 0. The lowest BCUT2D eigenvalue weighted by atomic mass is 10.0. The van der Waals surface area contributed by atoms with Crippen molar-refractivity contribution in [3.05, 3.63) is 35.9 Å². The molecule has 1 aliphatic heterocycles. The highest BCUT2D eigenvalue weighted by molar-refractivity contribution is 5.82. The summed E-state index contributed by atoms with van der Waals surface area (Å²) < 4.78 is 5.39. The molecule has 1 fully saturated rings. The summed E-state index contributed by atoms with van der Waals surface area (Å²) in [6.07, 6.45) is 0.463. The van der Waals surface area contributed by atoms with Crippen LogP contribution in [0.25, 0.3) is 0 Å². The van der Waals surface area contributed by atoms with Gasteiger partial charge in [0, 0.05) is 6.61 Å². The molecule has 1 N–H and O–H groups in total. The summed E-state index contributed by atoms with van der Waals surface area (Å²) in [5, 5.41) is 11.9. The highest BCUT2D eigenvalue weighted by atomic mass is 16.5. The monoisotopic (exact) mass is 244 g/mol. The molecule has 0 spiro atoms. The van der Waals surface area contributed by atoms with Crippen LogP contribution in [-0.4, -0.2) is 18.6 Å². The fourth-order valence-electron chi connectivity index (χ4n) is 2.09. The van der Waals surface area contributed by atoms with Crippen LogP contribution in [0, 0.1) is 17.2 Å². The van der Waals surface area contributed by atoms with Crippen molar-refractivity contribution < 1.29 is 9.53 Å². The summed E-state index contributed by atoms with van der Waals surface area (Å²) in [4.78, 5) is 12.0. The first kappa shape index (κ1) is 12.6. The van der Waals surface area contributed by atoms with E-state index in [0.29, 0.717) is 6.61 Å². The normalized spacial score (nSPS) is 24.2. The van der Waals surface area contributed by atoms with Crippen LogP contribution >= 0.6 is 0 Å². The lowest BCUT2D eigenvalue weighted by Gasteiger charge is -2.17. The Kier molecular flexibility index (Phi) is 3.96. The van der Waals surface area contributed by atoms with Crippen molar-refractivity contribution in [1.82, 2.24) is 5.32 Å². The van der Waals surface area contributed by atoms with E-state index in [0.717, 1.165) is 12.0 Å². The van der Waals surface area contributed by atoms with E-state index in [2.05, 4.69) is 11.4 Å². The Morgan fingerprint density at radius 2 is 2.22 bits per heavy atom. The van der Waals surface area contributed by atoms with E-state index >= 15 is 0 Å². The summed E-state index contributed by atoms with van der Waals surface area (Å²) in [5.74, 6) is 0.00974. The largest absolute Gasteiger partial charge is 0.368 e. The quantitative estimate of drug-likeness (QED) is 0.881. The van der Waals surface area contributed by atoms with Crippen LogP contribution in [-0.2, 0) is 9.53 Å². The molecule has 1 saturated heterocycles. The predicted molar refractivity (Wildman–Crippen MR) is 66.5 cm³/mol. The van der Waals surface area contributed by atoms with E-state index in [1.165, 1.54) is 0 Å². The van der Waals surface area contributed by atoms with Crippen LogP contribution < -0.4 is 5.32 Å². The number of hydrogen-bond acceptors (Lipinski definition) is 3. The maximum absolute atomic E-state index is 12.0. The Bertz CT molecular complexity index is 453. The Balaban J connectivity index is 2.03. The third kappa shape index (κ3) is 2.69. The fraction of sp³-hybridized carbons (Fsp3) is 0.429. The van der Waals surface area contributed by atoms with Crippen molar-refractivity contribution in [3.8, 4) is 6.07 Å². The second kappa shape index (κ2) is 5.65. The number of carbonyl (C=O) groups is 1. The van der Waals surface area contributed by atoms with Gasteiger partial charge >= 0.3 is 0 Å². The first-order valence-corrected chi connectivity index (χ1v) is 6.09. The predicted octanol–water partition coefficient (Wildman–Crippen LogP) is 1.79. The molecule has 0 aliphatic carbocycles. The van der Waals surface area contributed by atoms with Crippen molar-refractivity contribution in [3.63, 3.8) is 0 Å². The molecular formula is C14H16N2O2. The number of hydrogen-bond donors (Lipinski definition) is 1.